The first-order valence-corrected chi connectivity index (χ1v) is 7.81. The number of carbonyl (C=O) groups is 2. The van der Waals surface area contributed by atoms with E-state index < -0.39 is 18.0 Å². The van der Waals surface area contributed by atoms with Gasteiger partial charge in [0.15, 0.2) is 0 Å². The van der Waals surface area contributed by atoms with Gasteiger partial charge in [-0.2, -0.15) is 0 Å². The third kappa shape index (κ3) is 2.27. The molecule has 0 aliphatic carbocycles. The zero-order chi connectivity index (χ0) is 16.0. The molecule has 3 aliphatic heterocycles. The molecule has 0 aromatic rings. The molecule has 22 heavy (non-hydrogen) atoms. The fourth-order valence-corrected chi connectivity index (χ4v) is 3.88. The van der Waals surface area contributed by atoms with Crippen LogP contribution >= 0.6 is 0 Å². The normalized spacial score (nSPS) is 33.0. The highest BCUT2D eigenvalue weighted by Crippen LogP contribution is 2.45. The topological polar surface area (TPSA) is 89.9 Å². The third-order valence-corrected chi connectivity index (χ3v) is 4.96. The Balaban J connectivity index is 1.89. The zero-order valence-corrected chi connectivity index (χ0v) is 12.9. The summed E-state index contributed by atoms with van der Waals surface area (Å²) >= 11 is 0. The Kier molecular flexibility index (Phi) is 3.82. The number of nitrogens with zero attached hydrogens (tertiary/aromatic N) is 1. The van der Waals surface area contributed by atoms with E-state index in [0.29, 0.717) is 6.42 Å². The molecule has 0 bridgehead atoms. The predicted octanol–water partition coefficient (Wildman–Crippen LogP) is 0.635. The SMILES string of the molecule is CC(=C[C@@H]1CCCN1)C1=C(C(=O)O)N2C(=O)[C@H]([C@@H](C)O)[C@H]2C1. The van der Waals surface area contributed by atoms with E-state index in [9.17, 15) is 19.8 Å². The summed E-state index contributed by atoms with van der Waals surface area (Å²) < 4.78 is 0. The lowest BCUT2D eigenvalue weighted by molar-refractivity contribution is -0.161. The molecule has 3 heterocycles. The third-order valence-electron chi connectivity index (χ3n) is 4.96. The summed E-state index contributed by atoms with van der Waals surface area (Å²) in [7, 11) is 0. The second-order valence-electron chi connectivity index (χ2n) is 6.43. The summed E-state index contributed by atoms with van der Waals surface area (Å²) in [4.78, 5) is 25.1. The van der Waals surface area contributed by atoms with Crippen molar-refractivity contribution in [2.75, 3.05) is 6.54 Å². The quantitative estimate of drug-likeness (QED) is 0.663. The van der Waals surface area contributed by atoms with Gasteiger partial charge in [-0.15, -0.1) is 0 Å². The molecule has 1 amide bonds. The van der Waals surface area contributed by atoms with Crippen molar-refractivity contribution >= 4 is 11.9 Å². The molecule has 0 radical (unpaired) electrons. The number of nitrogens with one attached hydrogen (secondary N) is 1. The van der Waals surface area contributed by atoms with Crippen LogP contribution in [0, 0.1) is 5.92 Å². The number of aliphatic hydroxyl groups is 1. The number of rotatable bonds is 4. The standard InChI is InChI=1S/C16H22N2O4/c1-8(6-10-4-3-5-17-10)11-7-12-13(9(2)19)15(20)18(12)14(11)16(21)22/h6,9-10,12-13,17,19H,3-5,7H2,1-2H3,(H,21,22)/t9-,10+,12-,13-/m1/s1. The number of amides is 1. The summed E-state index contributed by atoms with van der Waals surface area (Å²) in [6.45, 7) is 4.48. The molecule has 120 valence electrons. The molecular weight excluding hydrogens is 284 g/mol. The highest BCUT2D eigenvalue weighted by Gasteiger charge is 2.56. The molecule has 3 N–H and O–H groups in total. The van der Waals surface area contributed by atoms with E-state index in [4.69, 9.17) is 0 Å². The molecule has 2 fully saturated rings. The van der Waals surface area contributed by atoms with E-state index in [1.807, 2.05) is 6.92 Å². The van der Waals surface area contributed by atoms with Crippen LogP contribution in [0.5, 0.6) is 0 Å². The van der Waals surface area contributed by atoms with Gasteiger partial charge >= 0.3 is 5.97 Å². The van der Waals surface area contributed by atoms with Crippen LogP contribution in [0.25, 0.3) is 0 Å². The first kappa shape index (κ1) is 15.2. The molecule has 6 heteroatoms. The minimum Gasteiger partial charge on any atom is -0.477 e. The number of aliphatic carboxylic acids is 1. The summed E-state index contributed by atoms with van der Waals surface area (Å²) in [5, 5.41) is 22.6. The second kappa shape index (κ2) is 5.52. The highest BCUT2D eigenvalue weighted by atomic mass is 16.4. The summed E-state index contributed by atoms with van der Waals surface area (Å²) in [6.07, 6.45) is 4.01. The highest BCUT2D eigenvalue weighted by molar-refractivity contribution is 6.00. The van der Waals surface area contributed by atoms with Crippen LogP contribution in [0.4, 0.5) is 0 Å². The monoisotopic (exact) mass is 306 g/mol. The smallest absolute Gasteiger partial charge is 0.352 e. The van der Waals surface area contributed by atoms with Gasteiger partial charge in [-0.05, 0) is 50.8 Å². The molecule has 3 rings (SSSR count). The molecule has 0 spiro atoms. The van der Waals surface area contributed by atoms with Crippen LogP contribution < -0.4 is 5.32 Å². The number of β-lactam (4-membered cyclic amide) rings is 1. The Labute approximate surface area is 129 Å². The van der Waals surface area contributed by atoms with Crippen LogP contribution in [0.3, 0.4) is 0 Å². The van der Waals surface area contributed by atoms with E-state index in [1.54, 1.807) is 6.92 Å². The van der Waals surface area contributed by atoms with Gasteiger partial charge in [-0.25, -0.2) is 4.79 Å². The average molecular weight is 306 g/mol. The van der Waals surface area contributed by atoms with Gasteiger partial charge in [-0.1, -0.05) is 6.08 Å². The van der Waals surface area contributed by atoms with Gasteiger partial charge in [0.2, 0.25) is 5.91 Å². The molecule has 6 nitrogen and oxygen atoms in total. The van der Waals surface area contributed by atoms with Crippen LogP contribution in [0.2, 0.25) is 0 Å². The van der Waals surface area contributed by atoms with Gasteiger partial charge in [-0.3, -0.25) is 4.79 Å². The summed E-state index contributed by atoms with van der Waals surface area (Å²) in [5.41, 5.74) is 1.74. The fourth-order valence-electron chi connectivity index (χ4n) is 3.88. The van der Waals surface area contributed by atoms with Crippen molar-refractivity contribution in [3.8, 4) is 0 Å². The molecule has 3 aliphatic rings. The van der Waals surface area contributed by atoms with Crippen LogP contribution in [0.15, 0.2) is 22.9 Å². The van der Waals surface area contributed by atoms with Crippen molar-refractivity contribution < 1.29 is 19.8 Å². The number of fused-ring (bicyclic) bond motifs is 1. The molecule has 4 atom stereocenters. The first-order chi connectivity index (χ1) is 10.4. The van der Waals surface area contributed by atoms with Crippen molar-refractivity contribution in [3.05, 3.63) is 22.9 Å². The Bertz CT molecular complexity index is 573. The second-order valence-corrected chi connectivity index (χ2v) is 6.43. The number of hydrogen-bond acceptors (Lipinski definition) is 4. The zero-order valence-electron chi connectivity index (χ0n) is 12.9. The Morgan fingerprint density at radius 1 is 1.50 bits per heavy atom. The lowest BCUT2D eigenvalue weighted by Crippen LogP contribution is -2.61. The number of carboxylic acids is 1. The minimum absolute atomic E-state index is 0.0960. The van der Waals surface area contributed by atoms with Crippen molar-refractivity contribution in [2.24, 2.45) is 5.92 Å². The summed E-state index contributed by atoms with van der Waals surface area (Å²) in [6, 6.07) is 0.0625. The lowest BCUT2D eigenvalue weighted by Gasteiger charge is -2.44. The first-order valence-electron chi connectivity index (χ1n) is 7.81. The predicted molar refractivity (Wildman–Crippen MR) is 79.9 cm³/mol. The van der Waals surface area contributed by atoms with Gasteiger partial charge in [0.1, 0.15) is 5.70 Å². The van der Waals surface area contributed by atoms with Crippen molar-refractivity contribution in [2.45, 2.75) is 51.3 Å². The van der Waals surface area contributed by atoms with Crippen molar-refractivity contribution in [1.29, 1.82) is 0 Å². The Morgan fingerprint density at radius 2 is 2.23 bits per heavy atom. The number of allylic oxidation sites excluding steroid dienone is 1. The van der Waals surface area contributed by atoms with E-state index in [0.717, 1.165) is 30.5 Å². The molecule has 2 saturated heterocycles. The maximum atomic E-state index is 12.1. The van der Waals surface area contributed by atoms with Gasteiger partial charge < -0.3 is 20.4 Å². The van der Waals surface area contributed by atoms with E-state index >= 15 is 0 Å². The summed E-state index contributed by atoms with van der Waals surface area (Å²) in [5.74, 6) is -1.83. The van der Waals surface area contributed by atoms with Gasteiger partial charge in [0, 0.05) is 6.04 Å². The maximum Gasteiger partial charge on any atom is 0.352 e. The minimum atomic E-state index is -1.07. The van der Waals surface area contributed by atoms with Crippen molar-refractivity contribution in [3.63, 3.8) is 0 Å². The molecule has 0 saturated carbocycles. The van der Waals surface area contributed by atoms with E-state index in [1.165, 1.54) is 4.90 Å². The number of hydrogen-bond donors (Lipinski definition) is 3. The lowest BCUT2D eigenvalue weighted by atomic mass is 9.82. The maximum absolute atomic E-state index is 12.1. The number of carboxylic acid groups (broad SMARTS) is 1. The van der Waals surface area contributed by atoms with Crippen LogP contribution in [-0.4, -0.2) is 51.7 Å². The van der Waals surface area contributed by atoms with Gasteiger partial charge in [0.05, 0.1) is 18.1 Å². The van der Waals surface area contributed by atoms with E-state index in [-0.39, 0.29) is 23.7 Å². The fraction of sp³-hybridized carbons (Fsp3) is 0.625. The van der Waals surface area contributed by atoms with Gasteiger partial charge in [0.25, 0.3) is 0 Å². The molecule has 0 aromatic heterocycles. The average Bonchev–Trinajstić information content (AvgIpc) is 3.03. The van der Waals surface area contributed by atoms with Crippen molar-refractivity contribution in [1.82, 2.24) is 10.2 Å². The molecular formula is C16H22N2O4. The number of aliphatic hydroxyl groups excluding tert-OH is 1. The Morgan fingerprint density at radius 3 is 2.77 bits per heavy atom. The molecule has 0 aromatic carbocycles. The molecule has 0 unspecified atom stereocenters. The largest absolute Gasteiger partial charge is 0.477 e. The Hall–Kier alpha value is -1.66. The van der Waals surface area contributed by atoms with E-state index in [2.05, 4.69) is 11.4 Å². The van der Waals surface area contributed by atoms with Crippen LogP contribution in [0.1, 0.15) is 33.1 Å². The van der Waals surface area contributed by atoms with Crippen LogP contribution in [-0.2, 0) is 9.59 Å². The number of carbonyl (C=O) groups excluding carboxylic acids is 1.